The lowest BCUT2D eigenvalue weighted by Crippen LogP contribution is -2.36. The van der Waals surface area contributed by atoms with E-state index in [1.807, 2.05) is 28.8 Å². The number of rotatable bonds is 6. The molecule has 3 aromatic heterocycles. The van der Waals surface area contributed by atoms with E-state index in [-0.39, 0.29) is 23.8 Å². The van der Waals surface area contributed by atoms with Gasteiger partial charge in [0.15, 0.2) is 0 Å². The molecule has 3 heterocycles. The summed E-state index contributed by atoms with van der Waals surface area (Å²) in [5.41, 5.74) is 1.18. The highest BCUT2D eigenvalue weighted by Crippen LogP contribution is 2.24. The lowest BCUT2D eigenvalue weighted by Gasteiger charge is -2.10. The van der Waals surface area contributed by atoms with Gasteiger partial charge in [0.05, 0.1) is 0 Å². The van der Waals surface area contributed by atoms with Gasteiger partial charge in [0, 0.05) is 18.4 Å². The molecule has 0 atom stereocenters. The number of hydrogen-bond donors (Lipinski definition) is 1. The Labute approximate surface area is 164 Å². The third-order valence-electron chi connectivity index (χ3n) is 4.62. The van der Waals surface area contributed by atoms with E-state index in [0.29, 0.717) is 24.9 Å². The van der Waals surface area contributed by atoms with Gasteiger partial charge in [-0.3, -0.25) is 14.0 Å². The van der Waals surface area contributed by atoms with Gasteiger partial charge in [0.1, 0.15) is 28.5 Å². The minimum atomic E-state index is -0.286. The third kappa shape index (κ3) is 3.43. The number of carbonyl (C=O) groups excluding carboxylic acids is 1. The van der Waals surface area contributed by atoms with Crippen LogP contribution in [0.4, 0.5) is 4.39 Å². The Hall–Kier alpha value is -3.00. The van der Waals surface area contributed by atoms with Gasteiger partial charge < -0.3 is 5.32 Å². The Balaban J connectivity index is 1.50. The highest BCUT2D eigenvalue weighted by Gasteiger charge is 2.15. The van der Waals surface area contributed by atoms with Crippen molar-refractivity contribution < 1.29 is 9.18 Å². The number of benzene rings is 1. The van der Waals surface area contributed by atoms with Gasteiger partial charge in [0.25, 0.3) is 5.56 Å². The van der Waals surface area contributed by atoms with E-state index in [4.69, 9.17) is 0 Å². The first-order valence-corrected chi connectivity index (χ1v) is 9.94. The summed E-state index contributed by atoms with van der Waals surface area (Å²) in [5, 5.41) is 10.2. The Kier molecular flexibility index (Phi) is 4.95. The van der Waals surface area contributed by atoms with Crippen molar-refractivity contribution in [3.8, 4) is 0 Å². The average Bonchev–Trinajstić information content (AvgIpc) is 3.27. The molecule has 4 aromatic rings. The number of amides is 1. The zero-order chi connectivity index (χ0) is 19.7. The molecule has 1 amide bonds. The molecule has 0 bridgehead atoms. The Morgan fingerprint density at radius 3 is 2.79 bits per heavy atom. The Bertz CT molecular complexity index is 1210. The van der Waals surface area contributed by atoms with Crippen LogP contribution in [0.2, 0.25) is 0 Å². The van der Waals surface area contributed by atoms with Crippen molar-refractivity contribution in [2.75, 3.05) is 6.54 Å². The maximum Gasteiger partial charge on any atom is 0.291 e. The van der Waals surface area contributed by atoms with Crippen LogP contribution in [-0.2, 0) is 24.2 Å². The summed E-state index contributed by atoms with van der Waals surface area (Å²) in [5.74, 6) is 0.174. The standard InChI is InChI=1S/C20H19FN4O2S/c1-2-17-23-24(19(27)16-11-14-8-10-28-20(14)25(16)17)12-18(26)22-9-7-13-3-5-15(21)6-4-13/h3-6,8,10-11H,2,7,9,12H2,1H3,(H,22,26). The molecule has 0 fully saturated rings. The first kappa shape index (κ1) is 18.4. The van der Waals surface area contributed by atoms with Gasteiger partial charge in [-0.15, -0.1) is 11.3 Å². The van der Waals surface area contributed by atoms with Crippen LogP contribution in [0, 0.1) is 5.82 Å². The number of nitrogens with one attached hydrogen (secondary N) is 1. The van der Waals surface area contributed by atoms with E-state index in [1.54, 1.807) is 23.5 Å². The van der Waals surface area contributed by atoms with Crippen LogP contribution in [0.1, 0.15) is 18.3 Å². The van der Waals surface area contributed by atoms with Gasteiger partial charge in [-0.05, 0) is 41.6 Å². The van der Waals surface area contributed by atoms with Crippen molar-refractivity contribution in [2.24, 2.45) is 0 Å². The summed E-state index contributed by atoms with van der Waals surface area (Å²) in [4.78, 5) is 26.1. The molecule has 4 rings (SSSR count). The molecule has 0 aliphatic heterocycles. The topological polar surface area (TPSA) is 68.4 Å². The second-order valence-electron chi connectivity index (χ2n) is 6.51. The molecule has 0 aliphatic rings. The molecule has 0 saturated carbocycles. The minimum Gasteiger partial charge on any atom is -0.354 e. The second kappa shape index (κ2) is 7.55. The van der Waals surface area contributed by atoms with Crippen LogP contribution in [0.3, 0.4) is 0 Å². The van der Waals surface area contributed by atoms with Crippen molar-refractivity contribution >= 4 is 33.0 Å². The van der Waals surface area contributed by atoms with Crippen LogP contribution < -0.4 is 10.9 Å². The summed E-state index contributed by atoms with van der Waals surface area (Å²) in [7, 11) is 0. The Morgan fingerprint density at radius 2 is 2.04 bits per heavy atom. The van der Waals surface area contributed by atoms with Crippen LogP contribution in [0.25, 0.3) is 15.7 Å². The molecule has 8 heteroatoms. The van der Waals surface area contributed by atoms with Gasteiger partial charge in [-0.1, -0.05) is 19.1 Å². The minimum absolute atomic E-state index is 0.134. The van der Waals surface area contributed by atoms with Crippen molar-refractivity contribution in [2.45, 2.75) is 26.3 Å². The average molecular weight is 398 g/mol. The molecule has 144 valence electrons. The highest BCUT2D eigenvalue weighted by atomic mass is 32.1. The molecule has 28 heavy (non-hydrogen) atoms. The normalized spacial score (nSPS) is 11.4. The number of nitrogens with zero attached hydrogens (tertiary/aromatic N) is 3. The molecule has 0 saturated heterocycles. The SMILES string of the molecule is CCc1nn(CC(=O)NCCc2ccc(F)cc2)c(=O)c2cc3ccsc3n12. The van der Waals surface area contributed by atoms with Gasteiger partial charge in [-0.25, -0.2) is 9.07 Å². The lowest BCUT2D eigenvalue weighted by atomic mass is 10.1. The molecular weight excluding hydrogens is 379 g/mol. The fourth-order valence-electron chi connectivity index (χ4n) is 3.22. The van der Waals surface area contributed by atoms with E-state index >= 15 is 0 Å². The monoisotopic (exact) mass is 398 g/mol. The van der Waals surface area contributed by atoms with Gasteiger partial charge >= 0.3 is 0 Å². The number of halogens is 1. The fraction of sp³-hybridized carbons (Fsp3) is 0.250. The molecular formula is C20H19FN4O2S. The number of aryl methyl sites for hydroxylation is 1. The summed E-state index contributed by atoms with van der Waals surface area (Å²) < 4.78 is 16.0. The van der Waals surface area contributed by atoms with E-state index in [2.05, 4.69) is 10.4 Å². The van der Waals surface area contributed by atoms with Crippen LogP contribution in [0.5, 0.6) is 0 Å². The first-order valence-electron chi connectivity index (χ1n) is 9.06. The summed E-state index contributed by atoms with van der Waals surface area (Å²) in [6.07, 6.45) is 1.23. The maximum absolute atomic E-state index is 12.9. The fourth-order valence-corrected chi connectivity index (χ4v) is 4.14. The van der Waals surface area contributed by atoms with Crippen LogP contribution in [-0.4, -0.2) is 26.6 Å². The van der Waals surface area contributed by atoms with Crippen LogP contribution in [0.15, 0.2) is 46.6 Å². The molecule has 1 N–H and O–H groups in total. The Morgan fingerprint density at radius 1 is 1.25 bits per heavy atom. The van der Waals surface area contributed by atoms with E-state index in [9.17, 15) is 14.0 Å². The zero-order valence-corrected chi connectivity index (χ0v) is 16.1. The predicted molar refractivity (Wildman–Crippen MR) is 107 cm³/mol. The summed E-state index contributed by atoms with van der Waals surface area (Å²) >= 11 is 1.56. The number of hydrogen-bond acceptors (Lipinski definition) is 4. The van der Waals surface area contributed by atoms with Gasteiger partial charge in [0.2, 0.25) is 5.91 Å². The van der Waals surface area contributed by atoms with E-state index < -0.39 is 0 Å². The van der Waals surface area contributed by atoms with Crippen LogP contribution >= 0.6 is 11.3 Å². The maximum atomic E-state index is 12.9. The molecule has 1 aromatic carbocycles. The smallest absolute Gasteiger partial charge is 0.291 e. The summed E-state index contributed by atoms with van der Waals surface area (Å²) in [6.45, 7) is 2.24. The van der Waals surface area contributed by atoms with E-state index in [0.717, 1.165) is 21.6 Å². The number of carbonyl (C=O) groups is 1. The molecule has 0 unspecified atom stereocenters. The molecule has 6 nitrogen and oxygen atoms in total. The van der Waals surface area contributed by atoms with Crippen molar-refractivity contribution in [1.29, 1.82) is 0 Å². The lowest BCUT2D eigenvalue weighted by molar-refractivity contribution is -0.121. The molecule has 0 radical (unpaired) electrons. The summed E-state index contributed by atoms with van der Waals surface area (Å²) in [6, 6.07) is 9.98. The largest absolute Gasteiger partial charge is 0.354 e. The van der Waals surface area contributed by atoms with Gasteiger partial charge in [-0.2, -0.15) is 5.10 Å². The zero-order valence-electron chi connectivity index (χ0n) is 15.3. The first-order chi connectivity index (χ1) is 13.6. The van der Waals surface area contributed by atoms with Crippen molar-refractivity contribution in [1.82, 2.24) is 19.5 Å². The van der Waals surface area contributed by atoms with Crippen molar-refractivity contribution in [3.63, 3.8) is 0 Å². The van der Waals surface area contributed by atoms with E-state index in [1.165, 1.54) is 16.8 Å². The number of fused-ring (bicyclic) bond motifs is 3. The predicted octanol–water partition coefficient (Wildman–Crippen LogP) is 2.77. The third-order valence-corrected chi connectivity index (χ3v) is 5.53. The number of aromatic nitrogens is 3. The quantitative estimate of drug-likeness (QED) is 0.543. The number of thiophene rings is 1. The second-order valence-corrected chi connectivity index (χ2v) is 7.40. The molecule has 0 aliphatic carbocycles. The molecule has 0 spiro atoms. The van der Waals surface area contributed by atoms with Crippen molar-refractivity contribution in [3.05, 3.63) is 69.3 Å². The highest BCUT2D eigenvalue weighted by molar-refractivity contribution is 7.16.